The van der Waals surface area contributed by atoms with Crippen LogP contribution in [0.25, 0.3) is 0 Å². The first-order valence-electron chi connectivity index (χ1n) is 11.7. The zero-order valence-corrected chi connectivity index (χ0v) is 21.8. The van der Waals surface area contributed by atoms with Crippen molar-refractivity contribution in [3.05, 3.63) is 29.8 Å². The first kappa shape index (κ1) is 28.8. The molecule has 0 bridgehead atoms. The van der Waals surface area contributed by atoms with Crippen molar-refractivity contribution in [3.63, 3.8) is 0 Å². The van der Waals surface area contributed by atoms with Crippen LogP contribution < -0.4 is 10.1 Å². The fourth-order valence-electron chi connectivity index (χ4n) is 2.94. The molecule has 188 valence electrons. The molecule has 1 amide bonds. The first-order valence-corrected chi connectivity index (χ1v) is 11.7. The summed E-state index contributed by atoms with van der Waals surface area (Å²) in [5.74, 6) is 1.13. The van der Waals surface area contributed by atoms with Gasteiger partial charge >= 0.3 is 12.1 Å². The molecule has 1 fully saturated rings. The smallest absolute Gasteiger partial charge is 0.408 e. The summed E-state index contributed by atoms with van der Waals surface area (Å²) in [5, 5.41) is 2.49. The van der Waals surface area contributed by atoms with Gasteiger partial charge in [0.2, 0.25) is 0 Å². The highest BCUT2D eigenvalue weighted by Crippen LogP contribution is 2.31. The van der Waals surface area contributed by atoms with E-state index in [2.05, 4.69) is 12.2 Å². The van der Waals surface area contributed by atoms with E-state index < -0.39 is 23.7 Å². The molecule has 0 heterocycles. The Balaban J connectivity index is 0.000000502. The van der Waals surface area contributed by atoms with Crippen LogP contribution >= 0.6 is 0 Å². The van der Waals surface area contributed by atoms with E-state index in [4.69, 9.17) is 18.9 Å². The lowest BCUT2D eigenvalue weighted by Gasteiger charge is -2.29. The number of nitrogens with one attached hydrogen (secondary N) is 1. The summed E-state index contributed by atoms with van der Waals surface area (Å²) in [5.41, 5.74) is 0.310. The van der Waals surface area contributed by atoms with Crippen molar-refractivity contribution in [3.8, 4) is 5.75 Å². The maximum Gasteiger partial charge on any atom is 0.408 e. The van der Waals surface area contributed by atoms with Crippen LogP contribution in [0, 0.1) is 12.8 Å². The van der Waals surface area contributed by atoms with Crippen molar-refractivity contribution < 1.29 is 28.5 Å². The standard InChI is InChI=1S/C18H33NO5.C8H10O/c1-12(10-18(6,7)22-11-14-8-9-14)23-15(20)13(2)19-16(21)24-17(3,4)5;1-7-3-5-8(9-2)6-4-7/h12-14H,8-11H2,1-7H3,(H,19,21);3-6H,1-2H3/t12-,13-;/m0./s1. The molecule has 1 saturated carbocycles. The Bertz CT molecular complexity index is 734. The molecule has 33 heavy (non-hydrogen) atoms. The number of carbonyl (C=O) groups is 2. The average molecular weight is 466 g/mol. The zero-order valence-electron chi connectivity index (χ0n) is 21.8. The number of rotatable bonds is 9. The number of amides is 1. The highest BCUT2D eigenvalue weighted by molar-refractivity contribution is 5.81. The van der Waals surface area contributed by atoms with Crippen molar-refractivity contribution in [2.24, 2.45) is 5.92 Å². The molecule has 7 nitrogen and oxygen atoms in total. The van der Waals surface area contributed by atoms with Crippen LogP contribution in [0.3, 0.4) is 0 Å². The summed E-state index contributed by atoms with van der Waals surface area (Å²) in [4.78, 5) is 23.8. The van der Waals surface area contributed by atoms with Gasteiger partial charge in [-0.1, -0.05) is 17.7 Å². The van der Waals surface area contributed by atoms with Gasteiger partial charge in [-0.25, -0.2) is 9.59 Å². The lowest BCUT2D eigenvalue weighted by molar-refractivity contribution is -0.153. The van der Waals surface area contributed by atoms with Gasteiger partial charge in [0.25, 0.3) is 0 Å². The quantitative estimate of drug-likeness (QED) is 0.490. The van der Waals surface area contributed by atoms with Crippen molar-refractivity contribution in [1.29, 1.82) is 0 Å². The molecule has 1 aliphatic carbocycles. The molecular weight excluding hydrogens is 422 g/mol. The fraction of sp³-hybridized carbons (Fsp3) is 0.692. The monoisotopic (exact) mass is 465 g/mol. The third-order valence-corrected chi connectivity index (χ3v) is 4.85. The number of alkyl carbamates (subject to hydrolysis) is 1. The van der Waals surface area contributed by atoms with Gasteiger partial charge in [-0.05, 0) is 86.3 Å². The van der Waals surface area contributed by atoms with E-state index in [1.165, 1.54) is 18.4 Å². The maximum absolute atomic E-state index is 12.1. The first-order chi connectivity index (χ1) is 15.2. The van der Waals surface area contributed by atoms with Gasteiger partial charge in [-0.3, -0.25) is 0 Å². The summed E-state index contributed by atoms with van der Waals surface area (Å²) in [6, 6.07) is 7.19. The lowest BCUT2D eigenvalue weighted by atomic mass is 10.0. The Morgan fingerprint density at radius 2 is 1.64 bits per heavy atom. The number of aryl methyl sites for hydroxylation is 1. The Morgan fingerprint density at radius 3 is 2.12 bits per heavy atom. The van der Waals surface area contributed by atoms with Gasteiger partial charge in [-0.2, -0.15) is 0 Å². The van der Waals surface area contributed by atoms with Gasteiger partial charge in [0.15, 0.2) is 0 Å². The summed E-state index contributed by atoms with van der Waals surface area (Å²) >= 11 is 0. The molecule has 1 aliphatic rings. The average Bonchev–Trinajstić information content (AvgIpc) is 3.50. The number of ether oxygens (including phenoxy) is 4. The topological polar surface area (TPSA) is 83.1 Å². The second-order valence-electron chi connectivity index (χ2n) is 10.4. The summed E-state index contributed by atoms with van der Waals surface area (Å²) < 4.78 is 21.4. The third kappa shape index (κ3) is 13.8. The highest BCUT2D eigenvalue weighted by atomic mass is 16.6. The molecule has 0 spiro atoms. The number of hydrogen-bond donors (Lipinski definition) is 1. The number of esters is 1. The Morgan fingerprint density at radius 1 is 1.06 bits per heavy atom. The largest absolute Gasteiger partial charge is 0.497 e. The number of methoxy groups -OCH3 is 1. The minimum atomic E-state index is -0.766. The summed E-state index contributed by atoms with van der Waals surface area (Å²) in [7, 11) is 1.67. The molecule has 0 saturated heterocycles. The molecule has 0 radical (unpaired) electrons. The van der Waals surface area contributed by atoms with Crippen LogP contribution in [0.2, 0.25) is 0 Å². The van der Waals surface area contributed by atoms with E-state index >= 15 is 0 Å². The van der Waals surface area contributed by atoms with Crippen molar-refractivity contribution >= 4 is 12.1 Å². The molecule has 1 aromatic rings. The highest BCUT2D eigenvalue weighted by Gasteiger charge is 2.30. The molecule has 0 aromatic heterocycles. The molecule has 7 heteroatoms. The van der Waals surface area contributed by atoms with E-state index in [1.807, 2.05) is 45.0 Å². The van der Waals surface area contributed by atoms with Crippen LogP contribution in [0.4, 0.5) is 4.79 Å². The Kier molecular flexibility index (Phi) is 11.2. The zero-order chi connectivity index (χ0) is 25.2. The third-order valence-electron chi connectivity index (χ3n) is 4.85. The fourth-order valence-corrected chi connectivity index (χ4v) is 2.94. The van der Waals surface area contributed by atoms with Gasteiger partial charge in [0.1, 0.15) is 23.5 Å². The van der Waals surface area contributed by atoms with Crippen molar-refractivity contribution in [2.75, 3.05) is 13.7 Å². The predicted octanol–water partition coefficient (Wildman–Crippen LogP) is 5.43. The second-order valence-corrected chi connectivity index (χ2v) is 10.4. The van der Waals surface area contributed by atoms with Crippen LogP contribution in [-0.2, 0) is 19.0 Å². The SMILES string of the molecule is COc1ccc(C)cc1.C[C@H](NC(=O)OC(C)(C)C)C(=O)O[C@@H](C)CC(C)(C)OCC1CC1. The Hall–Kier alpha value is -2.28. The van der Waals surface area contributed by atoms with Crippen molar-refractivity contribution in [1.82, 2.24) is 5.32 Å². The Labute approximate surface area is 199 Å². The van der Waals surface area contributed by atoms with Gasteiger partial charge in [-0.15, -0.1) is 0 Å². The number of benzene rings is 1. The van der Waals surface area contributed by atoms with Gasteiger partial charge in [0.05, 0.1) is 19.3 Å². The maximum atomic E-state index is 12.1. The summed E-state index contributed by atoms with van der Waals surface area (Å²) in [6.07, 6.45) is 2.16. The van der Waals surface area contributed by atoms with E-state index in [0.29, 0.717) is 12.3 Å². The van der Waals surface area contributed by atoms with E-state index in [9.17, 15) is 9.59 Å². The molecule has 0 aliphatic heterocycles. The second kappa shape index (κ2) is 12.8. The minimum Gasteiger partial charge on any atom is -0.497 e. The molecular formula is C26H43NO6. The summed E-state index contributed by atoms with van der Waals surface area (Å²) in [6.45, 7) is 15.5. The predicted molar refractivity (Wildman–Crippen MR) is 129 cm³/mol. The van der Waals surface area contributed by atoms with E-state index in [-0.39, 0.29) is 11.7 Å². The minimum absolute atomic E-state index is 0.297. The van der Waals surface area contributed by atoms with E-state index in [0.717, 1.165) is 12.4 Å². The number of hydrogen-bond acceptors (Lipinski definition) is 6. The van der Waals surface area contributed by atoms with Crippen LogP contribution in [0.1, 0.15) is 73.3 Å². The van der Waals surface area contributed by atoms with E-state index in [1.54, 1.807) is 34.8 Å². The van der Waals surface area contributed by atoms with Gasteiger partial charge < -0.3 is 24.3 Å². The normalized spacial score (nSPS) is 15.4. The van der Waals surface area contributed by atoms with Crippen LogP contribution in [0.15, 0.2) is 24.3 Å². The van der Waals surface area contributed by atoms with Crippen LogP contribution in [0.5, 0.6) is 5.75 Å². The van der Waals surface area contributed by atoms with Gasteiger partial charge in [0, 0.05) is 6.42 Å². The molecule has 1 N–H and O–H groups in total. The van der Waals surface area contributed by atoms with Crippen LogP contribution in [-0.4, -0.2) is 49.1 Å². The molecule has 2 atom stereocenters. The molecule has 2 rings (SSSR count). The molecule has 0 unspecified atom stereocenters. The molecule has 1 aromatic carbocycles. The lowest BCUT2D eigenvalue weighted by Crippen LogP contribution is -2.43. The number of carbonyl (C=O) groups excluding carboxylic acids is 2. The van der Waals surface area contributed by atoms with Crippen molar-refractivity contribution in [2.45, 2.75) is 98.0 Å².